The van der Waals surface area contributed by atoms with Gasteiger partial charge in [0, 0.05) is 6.20 Å². The number of nitrogens with two attached hydrogens (primary N) is 1. The molecule has 0 saturated heterocycles. The minimum absolute atomic E-state index is 0.119. The molecule has 2 unspecified atom stereocenters. The number of pyridine rings is 1. The molecule has 20 heavy (non-hydrogen) atoms. The maximum atomic E-state index is 5.92. The smallest absolute Gasteiger partial charge is 0.257 e. The molecule has 4 nitrogen and oxygen atoms in total. The average molecular weight is 278 g/mol. The van der Waals surface area contributed by atoms with Gasteiger partial charge in [-0.1, -0.05) is 12.8 Å². The van der Waals surface area contributed by atoms with Crippen LogP contribution in [0.15, 0.2) is 18.3 Å². The van der Waals surface area contributed by atoms with Crippen molar-refractivity contribution in [2.24, 2.45) is 17.6 Å². The van der Waals surface area contributed by atoms with E-state index >= 15 is 0 Å². The number of aromatic nitrogens is 1. The lowest BCUT2D eigenvalue weighted by Crippen LogP contribution is -2.30. The van der Waals surface area contributed by atoms with Crippen LogP contribution in [-0.4, -0.2) is 24.2 Å². The van der Waals surface area contributed by atoms with Gasteiger partial charge in [-0.25, -0.2) is 4.98 Å². The summed E-state index contributed by atoms with van der Waals surface area (Å²) < 4.78 is 11.6. The molecule has 2 atom stereocenters. The largest absolute Gasteiger partial charge is 0.485 e. The molecule has 1 fully saturated rings. The van der Waals surface area contributed by atoms with Crippen LogP contribution in [0.1, 0.15) is 39.5 Å². The van der Waals surface area contributed by atoms with Gasteiger partial charge in [-0.3, -0.25) is 0 Å². The summed E-state index contributed by atoms with van der Waals surface area (Å²) in [7, 11) is 0. The molecule has 0 bridgehead atoms. The van der Waals surface area contributed by atoms with Crippen LogP contribution in [0.5, 0.6) is 11.6 Å². The normalized spacial score (nSPS) is 22.8. The van der Waals surface area contributed by atoms with E-state index < -0.39 is 0 Å². The Morgan fingerprint density at radius 3 is 2.75 bits per heavy atom. The summed E-state index contributed by atoms with van der Waals surface area (Å²) in [6.07, 6.45) is 6.86. The Morgan fingerprint density at radius 2 is 2.05 bits per heavy atom. The van der Waals surface area contributed by atoms with Crippen LogP contribution >= 0.6 is 0 Å². The van der Waals surface area contributed by atoms with Gasteiger partial charge >= 0.3 is 0 Å². The molecule has 0 amide bonds. The first-order valence-corrected chi connectivity index (χ1v) is 7.65. The Bertz CT molecular complexity index is 409. The third-order valence-electron chi connectivity index (χ3n) is 3.90. The second kappa shape index (κ2) is 7.48. The zero-order chi connectivity index (χ0) is 14.4. The fourth-order valence-corrected chi connectivity index (χ4v) is 2.83. The Hall–Kier alpha value is -1.29. The van der Waals surface area contributed by atoms with Crippen molar-refractivity contribution in [1.29, 1.82) is 0 Å². The maximum Gasteiger partial charge on any atom is 0.257 e. The Morgan fingerprint density at radius 1 is 1.30 bits per heavy atom. The van der Waals surface area contributed by atoms with Crippen LogP contribution in [0.2, 0.25) is 0 Å². The van der Waals surface area contributed by atoms with Gasteiger partial charge in [0.05, 0.1) is 12.7 Å². The van der Waals surface area contributed by atoms with Crippen molar-refractivity contribution in [3.05, 3.63) is 18.3 Å². The van der Waals surface area contributed by atoms with E-state index in [9.17, 15) is 0 Å². The van der Waals surface area contributed by atoms with Gasteiger partial charge in [-0.05, 0) is 57.2 Å². The molecule has 1 aliphatic carbocycles. The summed E-state index contributed by atoms with van der Waals surface area (Å²) in [4.78, 5) is 4.29. The predicted molar refractivity (Wildman–Crippen MR) is 80.0 cm³/mol. The van der Waals surface area contributed by atoms with E-state index in [1.807, 2.05) is 26.0 Å². The fraction of sp³-hybridized carbons (Fsp3) is 0.688. The highest BCUT2D eigenvalue weighted by atomic mass is 16.5. The second-order valence-electron chi connectivity index (χ2n) is 5.82. The summed E-state index contributed by atoms with van der Waals surface area (Å²) in [6, 6.07) is 3.78. The van der Waals surface area contributed by atoms with Crippen molar-refractivity contribution in [2.45, 2.75) is 45.6 Å². The van der Waals surface area contributed by atoms with Crippen LogP contribution in [0, 0.1) is 11.8 Å². The van der Waals surface area contributed by atoms with Crippen molar-refractivity contribution in [3.8, 4) is 11.6 Å². The average Bonchev–Trinajstić information content (AvgIpc) is 2.46. The molecular weight excluding hydrogens is 252 g/mol. The minimum atomic E-state index is 0.119. The highest BCUT2D eigenvalue weighted by molar-refractivity contribution is 5.32. The predicted octanol–water partition coefficient (Wildman–Crippen LogP) is 3.01. The maximum absolute atomic E-state index is 5.92. The summed E-state index contributed by atoms with van der Waals surface area (Å²) in [5.74, 6) is 2.45. The van der Waals surface area contributed by atoms with Crippen molar-refractivity contribution >= 4 is 0 Å². The molecule has 1 heterocycles. The van der Waals surface area contributed by atoms with Gasteiger partial charge in [-0.15, -0.1) is 0 Å². The summed E-state index contributed by atoms with van der Waals surface area (Å²) in [6.45, 7) is 5.45. The number of ether oxygens (including phenoxy) is 2. The number of nitrogens with zero attached hydrogens (tertiary/aromatic N) is 1. The zero-order valence-electron chi connectivity index (χ0n) is 12.5. The highest BCUT2D eigenvalue weighted by Gasteiger charge is 2.25. The molecule has 4 heteroatoms. The van der Waals surface area contributed by atoms with Crippen molar-refractivity contribution < 1.29 is 9.47 Å². The lowest BCUT2D eigenvalue weighted by atomic mass is 9.80. The Kier molecular flexibility index (Phi) is 5.65. The van der Waals surface area contributed by atoms with Crippen LogP contribution in [0.4, 0.5) is 0 Å². The van der Waals surface area contributed by atoms with Gasteiger partial charge in [0.15, 0.2) is 5.75 Å². The summed E-state index contributed by atoms with van der Waals surface area (Å²) in [5, 5.41) is 0. The zero-order valence-corrected chi connectivity index (χ0v) is 12.5. The van der Waals surface area contributed by atoms with Gasteiger partial charge < -0.3 is 15.2 Å². The first-order valence-electron chi connectivity index (χ1n) is 7.65. The molecule has 1 aromatic heterocycles. The number of hydrogen-bond donors (Lipinski definition) is 1. The third-order valence-corrected chi connectivity index (χ3v) is 3.90. The molecule has 1 saturated carbocycles. The first-order chi connectivity index (χ1) is 9.70. The molecule has 1 aliphatic rings. The van der Waals surface area contributed by atoms with Gasteiger partial charge in [-0.2, -0.15) is 0 Å². The molecule has 1 aromatic rings. The van der Waals surface area contributed by atoms with E-state index in [4.69, 9.17) is 15.2 Å². The molecule has 0 aromatic carbocycles. The minimum Gasteiger partial charge on any atom is -0.485 e. The van der Waals surface area contributed by atoms with E-state index in [0.717, 1.165) is 12.3 Å². The van der Waals surface area contributed by atoms with Gasteiger partial charge in [0.2, 0.25) is 0 Å². The van der Waals surface area contributed by atoms with Crippen molar-refractivity contribution in [1.82, 2.24) is 4.98 Å². The molecule has 0 spiro atoms. The van der Waals surface area contributed by atoms with E-state index in [0.29, 0.717) is 24.3 Å². The highest BCUT2D eigenvalue weighted by Crippen LogP contribution is 2.31. The molecule has 0 aliphatic heterocycles. The number of rotatable bonds is 6. The van der Waals surface area contributed by atoms with Crippen molar-refractivity contribution in [2.75, 3.05) is 13.2 Å². The molecule has 112 valence electrons. The Balaban J connectivity index is 1.96. The van der Waals surface area contributed by atoms with Crippen LogP contribution in [-0.2, 0) is 0 Å². The molecule has 0 radical (unpaired) electrons. The Labute approximate surface area is 121 Å². The van der Waals surface area contributed by atoms with Crippen molar-refractivity contribution in [3.63, 3.8) is 0 Å². The van der Waals surface area contributed by atoms with E-state index in [1.165, 1.54) is 25.7 Å². The lowest BCUT2D eigenvalue weighted by Gasteiger charge is -2.30. The second-order valence-corrected chi connectivity index (χ2v) is 5.82. The molecule has 2 rings (SSSR count). The SMILES string of the molecule is CC(C)Oc1cccnc1OCC1CCCCC1CN. The van der Waals surface area contributed by atoms with E-state index in [-0.39, 0.29) is 6.10 Å². The van der Waals surface area contributed by atoms with Crippen LogP contribution in [0.25, 0.3) is 0 Å². The van der Waals surface area contributed by atoms with Gasteiger partial charge in [0.1, 0.15) is 0 Å². The standard InChI is InChI=1S/C16H26N2O2/c1-12(2)20-15-8-5-9-18-16(15)19-11-14-7-4-3-6-13(14)10-17/h5,8-9,12-14H,3-4,6-7,10-11,17H2,1-2H3. The van der Waals surface area contributed by atoms with Crippen LogP contribution in [0.3, 0.4) is 0 Å². The summed E-state index contributed by atoms with van der Waals surface area (Å²) >= 11 is 0. The van der Waals surface area contributed by atoms with Crippen LogP contribution < -0.4 is 15.2 Å². The van der Waals surface area contributed by atoms with E-state index in [1.54, 1.807) is 6.20 Å². The topological polar surface area (TPSA) is 57.4 Å². The van der Waals surface area contributed by atoms with Gasteiger partial charge in [0.25, 0.3) is 5.88 Å². The monoisotopic (exact) mass is 278 g/mol. The first kappa shape index (κ1) is 15.1. The molecule has 2 N–H and O–H groups in total. The summed E-state index contributed by atoms with van der Waals surface area (Å²) in [5.41, 5.74) is 5.86. The van der Waals surface area contributed by atoms with E-state index in [2.05, 4.69) is 4.98 Å². The lowest BCUT2D eigenvalue weighted by molar-refractivity contribution is 0.141. The number of hydrogen-bond acceptors (Lipinski definition) is 4. The quantitative estimate of drug-likeness (QED) is 0.869. The molecular formula is C16H26N2O2. The fourth-order valence-electron chi connectivity index (χ4n) is 2.83. The third kappa shape index (κ3) is 4.10.